The Bertz CT molecular complexity index is 1220. The Morgan fingerprint density at radius 2 is 1.68 bits per heavy atom. The Morgan fingerprint density at radius 3 is 2.45 bits per heavy atom. The van der Waals surface area contributed by atoms with E-state index in [1.807, 2.05) is 77.6 Å². The first-order chi connectivity index (χ1) is 15.2. The van der Waals surface area contributed by atoms with Gasteiger partial charge in [-0.15, -0.1) is 0 Å². The molecule has 1 atom stereocenters. The number of nitrogens with zero attached hydrogens (tertiary/aromatic N) is 2. The van der Waals surface area contributed by atoms with Gasteiger partial charge in [0.05, 0.1) is 24.9 Å². The van der Waals surface area contributed by atoms with Gasteiger partial charge in [-0.3, -0.25) is 9.48 Å². The van der Waals surface area contributed by atoms with Crippen molar-refractivity contribution >= 4 is 11.6 Å². The van der Waals surface area contributed by atoms with Gasteiger partial charge in [0.1, 0.15) is 11.9 Å². The number of aromatic nitrogens is 2. The largest absolute Gasteiger partial charge is 0.497 e. The molecule has 0 fully saturated rings. The zero-order chi connectivity index (χ0) is 21.2. The van der Waals surface area contributed by atoms with Gasteiger partial charge < -0.3 is 15.4 Å². The number of hydrogen-bond acceptors (Lipinski definition) is 4. The van der Waals surface area contributed by atoms with Crippen molar-refractivity contribution in [2.24, 2.45) is 0 Å². The number of nitrogens with one attached hydrogen (secondary N) is 2. The lowest BCUT2D eigenvalue weighted by atomic mass is 10.0. The second-order valence-electron chi connectivity index (χ2n) is 7.44. The summed E-state index contributed by atoms with van der Waals surface area (Å²) in [5, 5.41) is 11.4. The Morgan fingerprint density at radius 1 is 0.935 bits per heavy atom. The molecule has 1 amide bonds. The Balaban J connectivity index is 1.55. The number of rotatable bonds is 5. The zero-order valence-electron chi connectivity index (χ0n) is 17.1. The van der Waals surface area contributed by atoms with Crippen molar-refractivity contribution in [2.45, 2.75) is 12.7 Å². The van der Waals surface area contributed by atoms with E-state index in [1.54, 1.807) is 7.11 Å². The van der Waals surface area contributed by atoms with E-state index in [0.29, 0.717) is 12.1 Å². The first-order valence-corrected chi connectivity index (χ1v) is 10.1. The molecule has 0 saturated heterocycles. The predicted octanol–water partition coefficient (Wildman–Crippen LogP) is 4.46. The molecule has 0 spiro atoms. The number of para-hydroxylation sites is 1. The third-order valence-electron chi connectivity index (χ3n) is 5.40. The molecule has 1 aliphatic rings. The van der Waals surface area contributed by atoms with Gasteiger partial charge in [0, 0.05) is 23.0 Å². The van der Waals surface area contributed by atoms with Crippen LogP contribution in [0.15, 0.2) is 85.1 Å². The highest BCUT2D eigenvalue weighted by Crippen LogP contribution is 2.32. The summed E-state index contributed by atoms with van der Waals surface area (Å²) in [6.45, 7) is 0.640. The van der Waals surface area contributed by atoms with Crippen LogP contribution in [0.2, 0.25) is 0 Å². The summed E-state index contributed by atoms with van der Waals surface area (Å²) < 4.78 is 7.21. The minimum absolute atomic E-state index is 0.101. The van der Waals surface area contributed by atoms with E-state index in [2.05, 4.69) is 22.8 Å². The minimum Gasteiger partial charge on any atom is -0.497 e. The van der Waals surface area contributed by atoms with E-state index in [9.17, 15) is 4.79 Å². The molecule has 2 N–H and O–H groups in total. The molecule has 1 aliphatic heterocycles. The molecule has 2 heterocycles. The maximum atomic E-state index is 12.7. The highest BCUT2D eigenvalue weighted by Gasteiger charge is 2.28. The number of fused-ring (bicyclic) bond motifs is 1. The second-order valence-corrected chi connectivity index (χ2v) is 7.44. The van der Waals surface area contributed by atoms with Crippen LogP contribution in [0.1, 0.15) is 27.7 Å². The van der Waals surface area contributed by atoms with Crippen LogP contribution in [-0.4, -0.2) is 22.8 Å². The number of carbonyl (C=O) groups is 1. The van der Waals surface area contributed by atoms with Gasteiger partial charge in [-0.1, -0.05) is 42.5 Å². The van der Waals surface area contributed by atoms with Gasteiger partial charge in [-0.2, -0.15) is 5.10 Å². The highest BCUT2D eigenvalue weighted by molar-refractivity contribution is 6.01. The maximum Gasteiger partial charge on any atom is 0.255 e. The van der Waals surface area contributed by atoms with Crippen molar-refractivity contribution < 1.29 is 9.53 Å². The van der Waals surface area contributed by atoms with Crippen LogP contribution in [0.25, 0.3) is 11.3 Å². The van der Waals surface area contributed by atoms with Gasteiger partial charge in [-0.25, -0.2) is 0 Å². The van der Waals surface area contributed by atoms with Crippen molar-refractivity contribution in [3.63, 3.8) is 0 Å². The molecule has 0 radical (unpaired) electrons. The van der Waals surface area contributed by atoms with Crippen LogP contribution in [0.5, 0.6) is 5.75 Å². The van der Waals surface area contributed by atoms with Gasteiger partial charge >= 0.3 is 0 Å². The zero-order valence-corrected chi connectivity index (χ0v) is 17.1. The summed E-state index contributed by atoms with van der Waals surface area (Å²) in [5.41, 5.74) is 5.29. The topological polar surface area (TPSA) is 68.2 Å². The fourth-order valence-corrected chi connectivity index (χ4v) is 3.84. The molecular weight excluding hydrogens is 388 g/mol. The van der Waals surface area contributed by atoms with Crippen molar-refractivity contribution in [2.75, 3.05) is 12.4 Å². The lowest BCUT2D eigenvalue weighted by molar-refractivity contribution is 0.0936. The van der Waals surface area contributed by atoms with Crippen molar-refractivity contribution in [3.05, 3.63) is 102 Å². The van der Waals surface area contributed by atoms with Gasteiger partial charge in [0.25, 0.3) is 5.91 Å². The molecular formula is C25H22N4O2. The van der Waals surface area contributed by atoms with E-state index >= 15 is 0 Å². The lowest BCUT2D eigenvalue weighted by Crippen LogP contribution is -2.38. The third kappa shape index (κ3) is 3.75. The molecule has 154 valence electrons. The van der Waals surface area contributed by atoms with Crippen molar-refractivity contribution in [1.82, 2.24) is 15.1 Å². The second kappa shape index (κ2) is 7.99. The monoisotopic (exact) mass is 410 g/mol. The molecule has 3 aromatic carbocycles. The third-order valence-corrected chi connectivity index (χ3v) is 5.40. The van der Waals surface area contributed by atoms with E-state index < -0.39 is 0 Å². The molecule has 1 aromatic heterocycles. The Labute approximate surface area is 180 Å². The van der Waals surface area contributed by atoms with Crippen LogP contribution in [0, 0.1) is 0 Å². The lowest BCUT2D eigenvalue weighted by Gasteiger charge is -2.27. The number of ether oxygens (including phenoxy) is 1. The fraction of sp³-hybridized carbons (Fsp3) is 0.120. The summed E-state index contributed by atoms with van der Waals surface area (Å²) in [6.07, 6.45) is 1.61. The number of benzene rings is 3. The maximum absolute atomic E-state index is 12.7. The average molecular weight is 410 g/mol. The summed E-state index contributed by atoms with van der Waals surface area (Å²) in [6, 6.07) is 25.5. The minimum atomic E-state index is -0.385. The smallest absolute Gasteiger partial charge is 0.255 e. The summed E-state index contributed by atoms with van der Waals surface area (Å²) in [7, 11) is 1.65. The van der Waals surface area contributed by atoms with E-state index in [4.69, 9.17) is 9.84 Å². The van der Waals surface area contributed by atoms with Gasteiger partial charge in [-0.05, 0) is 42.0 Å². The molecule has 5 rings (SSSR count). The normalized spacial score (nSPS) is 15.0. The molecule has 6 nitrogen and oxygen atoms in total. The van der Waals surface area contributed by atoms with E-state index in [0.717, 1.165) is 33.8 Å². The molecule has 31 heavy (non-hydrogen) atoms. The van der Waals surface area contributed by atoms with Crippen molar-refractivity contribution in [3.8, 4) is 17.0 Å². The molecule has 0 aliphatic carbocycles. The number of carbonyl (C=O) groups excluding carboxylic acids is 1. The first kappa shape index (κ1) is 18.9. The molecule has 0 bridgehead atoms. The molecule has 4 aromatic rings. The Hall–Kier alpha value is -4.06. The quantitative estimate of drug-likeness (QED) is 0.510. The van der Waals surface area contributed by atoms with Gasteiger partial charge in [0.2, 0.25) is 0 Å². The molecule has 0 saturated carbocycles. The number of amides is 1. The SMILES string of the molecule is COc1ccc(-c2nn(Cc3ccccc3)cc2[C@H]2NC(=O)c3ccccc3N2)cc1. The summed E-state index contributed by atoms with van der Waals surface area (Å²) in [4.78, 5) is 12.7. The highest BCUT2D eigenvalue weighted by atomic mass is 16.5. The van der Waals surface area contributed by atoms with Crippen LogP contribution >= 0.6 is 0 Å². The Kier molecular flexibility index (Phi) is 4.88. The predicted molar refractivity (Wildman–Crippen MR) is 120 cm³/mol. The van der Waals surface area contributed by atoms with Crippen LogP contribution in [-0.2, 0) is 6.54 Å². The fourth-order valence-electron chi connectivity index (χ4n) is 3.84. The summed E-state index contributed by atoms with van der Waals surface area (Å²) >= 11 is 0. The number of anilines is 1. The van der Waals surface area contributed by atoms with E-state index in [1.165, 1.54) is 0 Å². The number of methoxy groups -OCH3 is 1. The standard InChI is InChI=1S/C25H22N4O2/c1-31-19-13-11-18(12-14-19)23-21(16-29(28-23)15-17-7-3-2-4-8-17)24-26-22-10-6-5-9-20(22)25(30)27-24/h2-14,16,24,26H,15H2,1H3,(H,27,30)/t24-/m1/s1. The van der Waals surface area contributed by atoms with Crippen LogP contribution in [0.3, 0.4) is 0 Å². The van der Waals surface area contributed by atoms with Crippen LogP contribution < -0.4 is 15.4 Å². The van der Waals surface area contributed by atoms with E-state index in [-0.39, 0.29) is 12.1 Å². The number of hydrogen-bond donors (Lipinski definition) is 2. The van der Waals surface area contributed by atoms with Crippen LogP contribution in [0.4, 0.5) is 5.69 Å². The molecule has 0 unspecified atom stereocenters. The van der Waals surface area contributed by atoms with Gasteiger partial charge in [0.15, 0.2) is 0 Å². The van der Waals surface area contributed by atoms with Crippen molar-refractivity contribution in [1.29, 1.82) is 0 Å². The first-order valence-electron chi connectivity index (χ1n) is 10.1. The summed E-state index contributed by atoms with van der Waals surface area (Å²) in [5.74, 6) is 0.683. The molecule has 6 heteroatoms. The average Bonchev–Trinajstić information content (AvgIpc) is 3.23.